The van der Waals surface area contributed by atoms with E-state index in [0.717, 1.165) is 30.6 Å². The Hall–Kier alpha value is -1.05. The van der Waals surface area contributed by atoms with E-state index in [4.69, 9.17) is 4.74 Å². The summed E-state index contributed by atoms with van der Waals surface area (Å²) in [6.45, 7) is 21.8. The SMILES string of the molecule is CC(=O)O[C@@H]1CC[C@]2(C)C3=CC=C4[C@@H]5[C@@H](C)[C@H](C)CC[C@]5(C)CC[C@@]4(C)[C@]3(C)CC[C@H]2C1(C)C. The molecule has 0 unspecified atom stereocenters. The zero-order chi connectivity index (χ0) is 24.9. The normalized spacial score (nSPS) is 51.6. The molecule has 0 spiro atoms. The first kappa shape index (κ1) is 24.6. The van der Waals surface area contributed by atoms with Crippen LogP contribution in [0.3, 0.4) is 0 Å². The first-order valence-electron chi connectivity index (χ1n) is 14.3. The Labute approximate surface area is 209 Å². The quantitative estimate of drug-likeness (QED) is 0.362. The standard InChI is InChI=1S/C32H50O2/c1-20-12-15-29(6)18-19-31(8)23(27(29)21(20)2)10-11-25-30(7)16-14-26(34-22(3)33)28(4,5)24(30)13-17-32(25,31)9/h10-11,20-21,24,26-27H,12-19H2,1-9H3/t20-,21+,24+,26-,27+,29-,30+,31-,32-/m1/s1. The van der Waals surface area contributed by atoms with Crippen molar-refractivity contribution in [2.45, 2.75) is 120 Å². The molecular weight excluding hydrogens is 416 g/mol. The Morgan fingerprint density at radius 3 is 2.24 bits per heavy atom. The summed E-state index contributed by atoms with van der Waals surface area (Å²) >= 11 is 0. The molecule has 0 aliphatic heterocycles. The van der Waals surface area contributed by atoms with Gasteiger partial charge in [-0.15, -0.1) is 0 Å². The molecule has 0 aromatic carbocycles. The van der Waals surface area contributed by atoms with Crippen LogP contribution in [-0.4, -0.2) is 12.1 Å². The minimum Gasteiger partial charge on any atom is -0.462 e. The van der Waals surface area contributed by atoms with Crippen molar-refractivity contribution in [3.8, 4) is 0 Å². The van der Waals surface area contributed by atoms with Gasteiger partial charge in [0.25, 0.3) is 0 Å². The highest BCUT2D eigenvalue weighted by Crippen LogP contribution is 2.74. The van der Waals surface area contributed by atoms with Gasteiger partial charge in [0.15, 0.2) is 0 Å². The summed E-state index contributed by atoms with van der Waals surface area (Å²) < 4.78 is 5.89. The fourth-order valence-corrected chi connectivity index (χ4v) is 10.5. The van der Waals surface area contributed by atoms with Gasteiger partial charge in [0.2, 0.25) is 0 Å². The van der Waals surface area contributed by atoms with Gasteiger partial charge < -0.3 is 4.74 Å². The second kappa shape index (κ2) is 7.48. The highest BCUT2D eigenvalue weighted by Gasteiger charge is 2.66. The van der Waals surface area contributed by atoms with Gasteiger partial charge in [-0.05, 0) is 96.7 Å². The van der Waals surface area contributed by atoms with Gasteiger partial charge in [0, 0.05) is 12.3 Å². The molecule has 9 atom stereocenters. The first-order chi connectivity index (χ1) is 15.7. The maximum Gasteiger partial charge on any atom is 0.302 e. The molecular formula is C32H50O2. The fraction of sp³-hybridized carbons (Fsp3) is 0.844. The number of fused-ring (bicyclic) bond motifs is 7. The van der Waals surface area contributed by atoms with Crippen LogP contribution >= 0.6 is 0 Å². The van der Waals surface area contributed by atoms with E-state index in [2.05, 4.69) is 67.5 Å². The first-order valence-corrected chi connectivity index (χ1v) is 14.3. The van der Waals surface area contributed by atoms with E-state index in [9.17, 15) is 4.79 Å². The van der Waals surface area contributed by atoms with Crippen LogP contribution < -0.4 is 0 Å². The van der Waals surface area contributed by atoms with Crippen molar-refractivity contribution in [1.29, 1.82) is 0 Å². The topological polar surface area (TPSA) is 26.3 Å². The number of carbonyl (C=O) groups is 1. The predicted molar refractivity (Wildman–Crippen MR) is 140 cm³/mol. The monoisotopic (exact) mass is 466 g/mol. The average molecular weight is 467 g/mol. The molecule has 190 valence electrons. The number of carbonyl (C=O) groups excluding carboxylic acids is 1. The lowest BCUT2D eigenvalue weighted by molar-refractivity contribution is -0.172. The summed E-state index contributed by atoms with van der Waals surface area (Å²) in [7, 11) is 0. The molecule has 5 aliphatic carbocycles. The Morgan fingerprint density at radius 2 is 1.56 bits per heavy atom. The number of hydrogen-bond donors (Lipinski definition) is 0. The molecule has 0 heterocycles. The van der Waals surface area contributed by atoms with Crippen molar-refractivity contribution in [3.63, 3.8) is 0 Å². The number of allylic oxidation sites excluding steroid dienone is 4. The van der Waals surface area contributed by atoms with Gasteiger partial charge in [-0.25, -0.2) is 0 Å². The van der Waals surface area contributed by atoms with Crippen LogP contribution in [0.4, 0.5) is 0 Å². The lowest BCUT2D eigenvalue weighted by atomic mass is 9.36. The van der Waals surface area contributed by atoms with E-state index >= 15 is 0 Å². The Bertz CT molecular complexity index is 941. The number of hydrogen-bond acceptors (Lipinski definition) is 2. The molecule has 2 heteroatoms. The molecule has 34 heavy (non-hydrogen) atoms. The molecule has 0 radical (unpaired) electrons. The zero-order valence-electron chi connectivity index (χ0n) is 23.5. The molecule has 0 saturated heterocycles. The van der Waals surface area contributed by atoms with Gasteiger partial charge in [-0.3, -0.25) is 4.79 Å². The second-order valence-corrected chi connectivity index (χ2v) is 14.8. The van der Waals surface area contributed by atoms with Gasteiger partial charge in [-0.1, -0.05) is 78.7 Å². The second-order valence-electron chi connectivity index (χ2n) is 14.8. The maximum absolute atomic E-state index is 11.9. The van der Waals surface area contributed by atoms with Crippen LogP contribution in [0.1, 0.15) is 114 Å². The van der Waals surface area contributed by atoms with E-state index in [1.807, 2.05) is 0 Å². The van der Waals surface area contributed by atoms with Crippen LogP contribution in [0.25, 0.3) is 0 Å². The van der Waals surface area contributed by atoms with Crippen molar-refractivity contribution in [2.75, 3.05) is 0 Å². The maximum atomic E-state index is 11.9. The van der Waals surface area contributed by atoms with E-state index < -0.39 is 0 Å². The minimum absolute atomic E-state index is 0.00416. The highest BCUT2D eigenvalue weighted by atomic mass is 16.5. The van der Waals surface area contributed by atoms with Gasteiger partial charge >= 0.3 is 5.97 Å². The fourth-order valence-electron chi connectivity index (χ4n) is 10.5. The number of ether oxygens (including phenoxy) is 1. The van der Waals surface area contributed by atoms with E-state index in [0.29, 0.717) is 11.3 Å². The molecule has 0 amide bonds. The van der Waals surface area contributed by atoms with Crippen molar-refractivity contribution < 1.29 is 9.53 Å². The third kappa shape index (κ3) is 3.02. The summed E-state index contributed by atoms with van der Waals surface area (Å²) in [4.78, 5) is 11.9. The molecule has 0 aromatic rings. The van der Waals surface area contributed by atoms with Crippen LogP contribution in [0.15, 0.2) is 23.3 Å². The lowest BCUT2D eigenvalue weighted by Crippen LogP contribution is -2.61. The van der Waals surface area contributed by atoms with Crippen molar-refractivity contribution in [3.05, 3.63) is 23.3 Å². The molecule has 0 aromatic heterocycles. The zero-order valence-corrected chi connectivity index (χ0v) is 23.5. The van der Waals surface area contributed by atoms with E-state index in [1.54, 1.807) is 18.1 Å². The summed E-state index contributed by atoms with van der Waals surface area (Å²) in [6.07, 6.45) is 15.4. The minimum atomic E-state index is -0.125. The highest BCUT2D eigenvalue weighted by molar-refractivity contribution is 5.66. The van der Waals surface area contributed by atoms with Crippen LogP contribution in [0.5, 0.6) is 0 Å². The van der Waals surface area contributed by atoms with Gasteiger partial charge in [0.1, 0.15) is 6.10 Å². The van der Waals surface area contributed by atoms with Gasteiger partial charge in [0.05, 0.1) is 0 Å². The van der Waals surface area contributed by atoms with Crippen molar-refractivity contribution in [2.24, 2.45) is 50.7 Å². The summed E-state index contributed by atoms with van der Waals surface area (Å²) in [5.41, 5.74) is 4.67. The molecule has 4 saturated carbocycles. The van der Waals surface area contributed by atoms with Crippen molar-refractivity contribution in [1.82, 2.24) is 0 Å². The van der Waals surface area contributed by atoms with E-state index in [1.165, 1.54) is 38.5 Å². The predicted octanol–water partition coefficient (Wildman–Crippen LogP) is 8.52. The number of rotatable bonds is 1. The Balaban J connectivity index is 1.59. The van der Waals surface area contributed by atoms with Crippen molar-refractivity contribution >= 4 is 5.97 Å². The Kier molecular flexibility index (Phi) is 5.42. The molecule has 0 N–H and O–H groups in total. The van der Waals surface area contributed by atoms with Crippen LogP contribution in [-0.2, 0) is 9.53 Å². The van der Waals surface area contributed by atoms with E-state index in [-0.39, 0.29) is 33.7 Å². The third-order valence-corrected chi connectivity index (χ3v) is 13.0. The summed E-state index contributed by atoms with van der Waals surface area (Å²) in [5.74, 6) is 2.75. The van der Waals surface area contributed by atoms with Crippen LogP contribution in [0, 0.1) is 50.7 Å². The molecule has 5 rings (SSSR count). The van der Waals surface area contributed by atoms with Crippen LogP contribution in [0.2, 0.25) is 0 Å². The third-order valence-electron chi connectivity index (χ3n) is 13.0. The summed E-state index contributed by atoms with van der Waals surface area (Å²) in [5, 5.41) is 0. The molecule has 4 fully saturated rings. The number of esters is 1. The van der Waals surface area contributed by atoms with Gasteiger partial charge in [-0.2, -0.15) is 0 Å². The smallest absolute Gasteiger partial charge is 0.302 e. The molecule has 5 aliphatic rings. The largest absolute Gasteiger partial charge is 0.462 e. The average Bonchev–Trinajstić information content (AvgIpc) is 2.74. The Morgan fingerprint density at radius 1 is 0.853 bits per heavy atom. The molecule has 0 bridgehead atoms. The lowest BCUT2D eigenvalue weighted by Gasteiger charge is -2.69. The molecule has 2 nitrogen and oxygen atoms in total. The summed E-state index contributed by atoms with van der Waals surface area (Å²) in [6, 6.07) is 0.